The second-order valence-corrected chi connectivity index (χ2v) is 4.01. The van der Waals surface area contributed by atoms with Gasteiger partial charge in [0, 0.05) is 11.1 Å². The molecule has 1 rings (SSSR count). The standard InChI is InChI=1S/C12H15NO2S/c1-4-7-13-12(14)15-10-5-6-11(16-3)9(2)8-10/h4-8H,1-3H3,(H,13,14). The maximum absolute atomic E-state index is 11.2. The van der Waals surface area contributed by atoms with E-state index < -0.39 is 6.09 Å². The highest BCUT2D eigenvalue weighted by Crippen LogP contribution is 2.24. The zero-order chi connectivity index (χ0) is 12.0. The van der Waals surface area contributed by atoms with Crippen LogP contribution in [0.5, 0.6) is 5.75 Å². The fraction of sp³-hybridized carbons (Fsp3) is 0.250. The lowest BCUT2D eigenvalue weighted by Gasteiger charge is -2.06. The number of rotatable bonds is 3. The molecule has 0 radical (unpaired) electrons. The van der Waals surface area contributed by atoms with Gasteiger partial charge in [0.2, 0.25) is 0 Å². The summed E-state index contributed by atoms with van der Waals surface area (Å²) in [5.74, 6) is 0.553. The van der Waals surface area contributed by atoms with E-state index in [4.69, 9.17) is 4.74 Å². The predicted octanol–water partition coefficient (Wildman–Crippen LogP) is 3.34. The Balaban J connectivity index is 2.68. The lowest BCUT2D eigenvalue weighted by molar-refractivity contribution is 0.204. The van der Waals surface area contributed by atoms with Gasteiger partial charge in [-0.3, -0.25) is 5.32 Å². The quantitative estimate of drug-likeness (QED) is 0.819. The minimum atomic E-state index is -0.477. The molecule has 0 bridgehead atoms. The van der Waals surface area contributed by atoms with Gasteiger partial charge in [-0.05, 0) is 43.9 Å². The van der Waals surface area contributed by atoms with Crippen molar-refractivity contribution in [2.75, 3.05) is 6.26 Å². The van der Waals surface area contributed by atoms with Gasteiger partial charge in [0.1, 0.15) is 5.75 Å². The van der Waals surface area contributed by atoms with Gasteiger partial charge in [-0.25, -0.2) is 4.79 Å². The first-order valence-electron chi connectivity index (χ1n) is 4.91. The van der Waals surface area contributed by atoms with Crippen molar-refractivity contribution in [3.8, 4) is 5.75 Å². The molecular weight excluding hydrogens is 222 g/mol. The van der Waals surface area contributed by atoms with Crippen molar-refractivity contribution in [3.05, 3.63) is 36.0 Å². The van der Waals surface area contributed by atoms with Crippen LogP contribution in [0.1, 0.15) is 12.5 Å². The first-order chi connectivity index (χ1) is 7.67. The number of hydrogen-bond acceptors (Lipinski definition) is 3. The van der Waals surface area contributed by atoms with Crippen LogP contribution in [0.4, 0.5) is 4.79 Å². The minimum absolute atomic E-state index is 0.477. The van der Waals surface area contributed by atoms with Gasteiger partial charge in [-0.15, -0.1) is 11.8 Å². The summed E-state index contributed by atoms with van der Waals surface area (Å²) in [6, 6.07) is 5.58. The number of amides is 1. The van der Waals surface area contributed by atoms with Crippen LogP contribution < -0.4 is 10.1 Å². The third kappa shape index (κ3) is 3.62. The molecule has 1 N–H and O–H groups in total. The van der Waals surface area contributed by atoms with Crippen molar-refractivity contribution in [2.45, 2.75) is 18.7 Å². The molecule has 86 valence electrons. The number of hydrogen-bond donors (Lipinski definition) is 1. The van der Waals surface area contributed by atoms with E-state index in [1.807, 2.05) is 32.2 Å². The molecule has 0 fully saturated rings. The van der Waals surface area contributed by atoms with E-state index in [9.17, 15) is 4.79 Å². The molecule has 0 saturated heterocycles. The molecule has 0 saturated carbocycles. The Morgan fingerprint density at radius 2 is 2.25 bits per heavy atom. The Hall–Kier alpha value is -1.42. The summed E-state index contributed by atoms with van der Waals surface area (Å²) in [5, 5.41) is 2.48. The molecule has 0 spiro atoms. The molecule has 4 heteroatoms. The normalized spacial score (nSPS) is 10.4. The number of nitrogens with one attached hydrogen (secondary N) is 1. The molecule has 16 heavy (non-hydrogen) atoms. The molecule has 3 nitrogen and oxygen atoms in total. The van der Waals surface area contributed by atoms with E-state index in [0.717, 1.165) is 5.56 Å². The molecule has 0 aliphatic heterocycles. The lowest BCUT2D eigenvalue weighted by Crippen LogP contribution is -2.21. The third-order valence-electron chi connectivity index (χ3n) is 1.94. The molecular formula is C12H15NO2S. The van der Waals surface area contributed by atoms with E-state index in [1.165, 1.54) is 11.1 Å². The van der Waals surface area contributed by atoms with Crippen molar-refractivity contribution in [1.29, 1.82) is 0 Å². The zero-order valence-electron chi connectivity index (χ0n) is 9.61. The summed E-state index contributed by atoms with van der Waals surface area (Å²) < 4.78 is 5.09. The van der Waals surface area contributed by atoms with Crippen LogP contribution in [0.15, 0.2) is 35.4 Å². The molecule has 1 aromatic carbocycles. The topological polar surface area (TPSA) is 38.3 Å². The second kappa shape index (κ2) is 6.23. The molecule has 0 aliphatic rings. The van der Waals surface area contributed by atoms with Crippen LogP contribution in [-0.2, 0) is 0 Å². The van der Waals surface area contributed by atoms with Crippen LogP contribution in [0.2, 0.25) is 0 Å². The first-order valence-corrected chi connectivity index (χ1v) is 6.14. The van der Waals surface area contributed by atoms with Crippen molar-refractivity contribution < 1.29 is 9.53 Å². The summed E-state index contributed by atoms with van der Waals surface area (Å²) in [4.78, 5) is 12.4. The average Bonchev–Trinajstić information content (AvgIpc) is 2.26. The number of benzene rings is 1. The Morgan fingerprint density at radius 1 is 1.50 bits per heavy atom. The van der Waals surface area contributed by atoms with E-state index in [0.29, 0.717) is 5.75 Å². The average molecular weight is 237 g/mol. The van der Waals surface area contributed by atoms with Gasteiger partial charge < -0.3 is 4.74 Å². The largest absolute Gasteiger partial charge is 0.416 e. The van der Waals surface area contributed by atoms with Gasteiger partial charge in [0.25, 0.3) is 0 Å². The number of thioether (sulfide) groups is 1. The minimum Gasteiger partial charge on any atom is -0.410 e. The van der Waals surface area contributed by atoms with E-state index in [2.05, 4.69) is 5.32 Å². The zero-order valence-corrected chi connectivity index (χ0v) is 10.4. The van der Waals surface area contributed by atoms with E-state index in [1.54, 1.807) is 23.9 Å². The smallest absolute Gasteiger partial charge is 0.410 e. The number of allylic oxidation sites excluding steroid dienone is 1. The highest BCUT2D eigenvalue weighted by molar-refractivity contribution is 7.98. The first kappa shape index (κ1) is 12.6. The van der Waals surface area contributed by atoms with Crippen molar-refractivity contribution >= 4 is 17.9 Å². The van der Waals surface area contributed by atoms with Crippen LogP contribution >= 0.6 is 11.8 Å². The van der Waals surface area contributed by atoms with E-state index >= 15 is 0 Å². The van der Waals surface area contributed by atoms with Crippen LogP contribution in [0.25, 0.3) is 0 Å². The summed E-state index contributed by atoms with van der Waals surface area (Å²) in [6.07, 6.45) is 4.80. The molecule has 0 aromatic heterocycles. The highest BCUT2D eigenvalue weighted by Gasteiger charge is 2.04. The fourth-order valence-corrected chi connectivity index (χ4v) is 1.79. The van der Waals surface area contributed by atoms with Gasteiger partial charge in [-0.1, -0.05) is 6.08 Å². The maximum Gasteiger partial charge on any atom is 0.416 e. The SMILES string of the molecule is CC=CNC(=O)Oc1ccc(SC)c(C)c1. The lowest BCUT2D eigenvalue weighted by atomic mass is 10.2. The molecule has 1 amide bonds. The van der Waals surface area contributed by atoms with Crippen molar-refractivity contribution in [1.82, 2.24) is 5.32 Å². The molecule has 1 aromatic rings. The Kier molecular flexibility index (Phi) is 4.92. The summed E-state index contributed by atoms with van der Waals surface area (Å²) in [7, 11) is 0. The highest BCUT2D eigenvalue weighted by atomic mass is 32.2. The van der Waals surface area contributed by atoms with Crippen LogP contribution in [0.3, 0.4) is 0 Å². The van der Waals surface area contributed by atoms with Crippen LogP contribution in [-0.4, -0.2) is 12.3 Å². The number of ether oxygens (including phenoxy) is 1. The van der Waals surface area contributed by atoms with Crippen molar-refractivity contribution in [3.63, 3.8) is 0 Å². The number of aryl methyl sites for hydroxylation is 1. The molecule has 0 unspecified atom stereocenters. The summed E-state index contributed by atoms with van der Waals surface area (Å²) in [6.45, 7) is 3.81. The monoisotopic (exact) mass is 237 g/mol. The maximum atomic E-state index is 11.2. The molecule has 0 aliphatic carbocycles. The Morgan fingerprint density at radius 3 is 2.81 bits per heavy atom. The van der Waals surface area contributed by atoms with Gasteiger partial charge >= 0.3 is 6.09 Å². The second-order valence-electron chi connectivity index (χ2n) is 3.17. The predicted molar refractivity (Wildman–Crippen MR) is 66.9 cm³/mol. The molecule has 0 heterocycles. The molecule has 0 atom stereocenters. The Bertz CT molecular complexity index is 402. The van der Waals surface area contributed by atoms with Gasteiger partial charge in [0.05, 0.1) is 0 Å². The van der Waals surface area contributed by atoms with Gasteiger partial charge in [-0.2, -0.15) is 0 Å². The van der Waals surface area contributed by atoms with Crippen LogP contribution in [0, 0.1) is 6.92 Å². The van der Waals surface area contributed by atoms with Gasteiger partial charge in [0.15, 0.2) is 0 Å². The van der Waals surface area contributed by atoms with E-state index in [-0.39, 0.29) is 0 Å². The Labute approximate surface area is 99.9 Å². The summed E-state index contributed by atoms with van der Waals surface area (Å²) in [5.41, 5.74) is 1.10. The summed E-state index contributed by atoms with van der Waals surface area (Å²) >= 11 is 1.67. The number of carbonyl (C=O) groups is 1. The number of carbonyl (C=O) groups excluding carboxylic acids is 1. The fourth-order valence-electron chi connectivity index (χ4n) is 1.20. The van der Waals surface area contributed by atoms with Crippen molar-refractivity contribution in [2.24, 2.45) is 0 Å². The third-order valence-corrected chi connectivity index (χ3v) is 2.84.